The molecule has 1 aromatic heterocycles. The number of rotatable bonds is 4. The van der Waals surface area contributed by atoms with E-state index in [0.717, 1.165) is 16.8 Å². The van der Waals surface area contributed by atoms with Gasteiger partial charge in [-0.15, -0.1) is 0 Å². The van der Waals surface area contributed by atoms with E-state index in [-0.39, 0.29) is 0 Å². The Morgan fingerprint density at radius 1 is 0.947 bits per heavy atom. The van der Waals surface area contributed by atoms with E-state index in [1.807, 2.05) is 25.1 Å². The monoisotopic (exact) mass is 260 g/mol. The van der Waals surface area contributed by atoms with Gasteiger partial charge in [0.05, 0.1) is 27.0 Å². The normalized spacial score (nSPS) is 10.1. The number of methoxy groups -OCH3 is 3. The van der Waals surface area contributed by atoms with Gasteiger partial charge in [-0.2, -0.15) is 4.98 Å². The van der Waals surface area contributed by atoms with Crippen molar-refractivity contribution in [3.8, 4) is 28.8 Å². The molecular formula is C14H16N2O3. The van der Waals surface area contributed by atoms with E-state index < -0.39 is 0 Å². The number of ether oxygens (including phenoxy) is 3. The van der Waals surface area contributed by atoms with Crippen LogP contribution < -0.4 is 14.2 Å². The summed E-state index contributed by atoms with van der Waals surface area (Å²) in [7, 11) is 4.77. The van der Waals surface area contributed by atoms with Crippen LogP contribution >= 0.6 is 0 Å². The molecule has 0 saturated heterocycles. The molecule has 0 fully saturated rings. The molecule has 2 aromatic rings. The lowest BCUT2D eigenvalue weighted by atomic mass is 10.0. The summed E-state index contributed by atoms with van der Waals surface area (Å²) in [4.78, 5) is 8.32. The minimum absolute atomic E-state index is 0.340. The van der Waals surface area contributed by atoms with Gasteiger partial charge in [-0.3, -0.25) is 0 Å². The van der Waals surface area contributed by atoms with Gasteiger partial charge in [-0.05, 0) is 30.7 Å². The second kappa shape index (κ2) is 5.56. The molecule has 5 heteroatoms. The van der Waals surface area contributed by atoms with Crippen LogP contribution in [0.15, 0.2) is 24.4 Å². The Kier molecular flexibility index (Phi) is 3.85. The molecule has 1 aromatic carbocycles. The van der Waals surface area contributed by atoms with Gasteiger partial charge in [0.1, 0.15) is 0 Å². The second-order valence-electron chi connectivity index (χ2n) is 3.95. The summed E-state index contributed by atoms with van der Waals surface area (Å²) < 4.78 is 15.6. The van der Waals surface area contributed by atoms with Gasteiger partial charge >= 0.3 is 6.01 Å². The molecule has 0 aliphatic heterocycles. The van der Waals surface area contributed by atoms with Gasteiger partial charge in [0.25, 0.3) is 0 Å². The fourth-order valence-corrected chi connectivity index (χ4v) is 1.85. The highest BCUT2D eigenvalue weighted by atomic mass is 16.5. The van der Waals surface area contributed by atoms with Gasteiger partial charge in [-0.1, -0.05) is 0 Å². The third kappa shape index (κ3) is 2.59. The van der Waals surface area contributed by atoms with Gasteiger partial charge in [-0.25, -0.2) is 4.98 Å². The first-order valence-electron chi connectivity index (χ1n) is 5.79. The average Bonchev–Trinajstić information content (AvgIpc) is 2.46. The highest BCUT2D eigenvalue weighted by molar-refractivity contribution is 5.68. The van der Waals surface area contributed by atoms with E-state index in [0.29, 0.717) is 17.5 Å². The van der Waals surface area contributed by atoms with Crippen LogP contribution in [0.3, 0.4) is 0 Å². The predicted octanol–water partition coefficient (Wildman–Crippen LogP) is 2.48. The van der Waals surface area contributed by atoms with Crippen molar-refractivity contribution < 1.29 is 14.2 Å². The van der Waals surface area contributed by atoms with E-state index >= 15 is 0 Å². The first-order valence-corrected chi connectivity index (χ1v) is 5.79. The van der Waals surface area contributed by atoms with Gasteiger partial charge in [0.15, 0.2) is 11.5 Å². The minimum atomic E-state index is 0.340. The Morgan fingerprint density at radius 3 is 2.26 bits per heavy atom. The fourth-order valence-electron chi connectivity index (χ4n) is 1.85. The summed E-state index contributed by atoms with van der Waals surface area (Å²) >= 11 is 0. The van der Waals surface area contributed by atoms with Crippen LogP contribution in [0.25, 0.3) is 11.3 Å². The van der Waals surface area contributed by atoms with Crippen molar-refractivity contribution in [2.45, 2.75) is 6.92 Å². The molecule has 0 bridgehead atoms. The second-order valence-corrected chi connectivity index (χ2v) is 3.95. The van der Waals surface area contributed by atoms with Crippen LogP contribution in [0.4, 0.5) is 0 Å². The van der Waals surface area contributed by atoms with Crippen molar-refractivity contribution in [2.24, 2.45) is 0 Å². The third-order valence-electron chi connectivity index (χ3n) is 2.82. The molecule has 5 nitrogen and oxygen atoms in total. The molecule has 0 spiro atoms. The maximum atomic E-state index is 5.31. The zero-order chi connectivity index (χ0) is 13.8. The van der Waals surface area contributed by atoms with Gasteiger partial charge in [0.2, 0.25) is 0 Å². The zero-order valence-electron chi connectivity index (χ0n) is 11.4. The van der Waals surface area contributed by atoms with E-state index in [1.165, 1.54) is 0 Å². The van der Waals surface area contributed by atoms with Crippen molar-refractivity contribution in [1.82, 2.24) is 9.97 Å². The van der Waals surface area contributed by atoms with Crippen molar-refractivity contribution in [1.29, 1.82) is 0 Å². The van der Waals surface area contributed by atoms with Crippen molar-refractivity contribution in [3.05, 3.63) is 30.0 Å². The molecule has 0 atom stereocenters. The van der Waals surface area contributed by atoms with E-state index in [9.17, 15) is 0 Å². The van der Waals surface area contributed by atoms with Crippen LogP contribution in [0.2, 0.25) is 0 Å². The summed E-state index contributed by atoms with van der Waals surface area (Å²) in [5.41, 5.74) is 2.78. The van der Waals surface area contributed by atoms with Gasteiger partial charge < -0.3 is 14.2 Å². The average molecular weight is 260 g/mol. The molecule has 0 unspecified atom stereocenters. The largest absolute Gasteiger partial charge is 0.493 e. The van der Waals surface area contributed by atoms with Crippen LogP contribution in [0, 0.1) is 6.92 Å². The molecule has 0 aliphatic carbocycles. The fraction of sp³-hybridized carbons (Fsp3) is 0.286. The van der Waals surface area contributed by atoms with Crippen molar-refractivity contribution in [3.63, 3.8) is 0 Å². The Hall–Kier alpha value is -2.30. The Morgan fingerprint density at radius 2 is 1.63 bits per heavy atom. The molecule has 0 aliphatic rings. The first kappa shape index (κ1) is 13.1. The zero-order valence-corrected chi connectivity index (χ0v) is 11.4. The molecule has 2 rings (SSSR count). The lowest BCUT2D eigenvalue weighted by Crippen LogP contribution is -1.96. The summed E-state index contributed by atoms with van der Waals surface area (Å²) in [5.74, 6) is 1.37. The Labute approximate surface area is 112 Å². The van der Waals surface area contributed by atoms with E-state index in [2.05, 4.69) is 9.97 Å². The van der Waals surface area contributed by atoms with E-state index in [1.54, 1.807) is 27.5 Å². The Balaban J connectivity index is 2.55. The predicted molar refractivity (Wildman–Crippen MR) is 71.9 cm³/mol. The lowest BCUT2D eigenvalue weighted by Gasteiger charge is -2.12. The number of benzene rings is 1. The van der Waals surface area contributed by atoms with Crippen LogP contribution in [-0.2, 0) is 0 Å². The first-order chi connectivity index (χ1) is 9.19. The highest BCUT2D eigenvalue weighted by Gasteiger charge is 2.11. The molecule has 100 valence electrons. The summed E-state index contributed by atoms with van der Waals surface area (Å²) in [6.07, 6.45) is 1.66. The number of hydrogen-bond acceptors (Lipinski definition) is 5. The number of aryl methyl sites for hydroxylation is 1. The van der Waals surface area contributed by atoms with Crippen LogP contribution in [0.5, 0.6) is 17.5 Å². The number of hydrogen-bond donors (Lipinski definition) is 0. The maximum Gasteiger partial charge on any atom is 0.316 e. The molecule has 19 heavy (non-hydrogen) atoms. The number of nitrogens with zero attached hydrogens (tertiary/aromatic N) is 2. The standard InChI is InChI=1S/C14H16N2O3/c1-9-7-12(17-2)13(18-3)8-10(9)11-5-6-15-14(16-11)19-4/h5-8H,1-4H3. The van der Waals surface area contributed by atoms with Crippen molar-refractivity contribution >= 4 is 0 Å². The third-order valence-corrected chi connectivity index (χ3v) is 2.82. The topological polar surface area (TPSA) is 53.5 Å². The summed E-state index contributed by atoms with van der Waals surface area (Å²) in [6, 6.07) is 5.99. The Bertz CT molecular complexity index is 585. The SMILES string of the molecule is COc1nccc(-c2cc(OC)c(OC)cc2C)n1. The highest BCUT2D eigenvalue weighted by Crippen LogP contribution is 2.34. The number of aromatic nitrogens is 2. The smallest absolute Gasteiger partial charge is 0.316 e. The van der Waals surface area contributed by atoms with Crippen LogP contribution in [0.1, 0.15) is 5.56 Å². The molecule has 0 N–H and O–H groups in total. The molecule has 0 amide bonds. The quantitative estimate of drug-likeness (QED) is 0.845. The maximum absolute atomic E-state index is 5.31. The minimum Gasteiger partial charge on any atom is -0.493 e. The van der Waals surface area contributed by atoms with Crippen molar-refractivity contribution in [2.75, 3.05) is 21.3 Å². The van der Waals surface area contributed by atoms with E-state index in [4.69, 9.17) is 14.2 Å². The molecular weight excluding hydrogens is 244 g/mol. The van der Waals surface area contributed by atoms with Crippen LogP contribution in [-0.4, -0.2) is 31.3 Å². The molecule has 0 saturated carbocycles. The lowest BCUT2D eigenvalue weighted by molar-refractivity contribution is 0.355. The summed E-state index contributed by atoms with van der Waals surface area (Å²) in [6.45, 7) is 1.99. The molecule has 1 heterocycles. The molecule has 0 radical (unpaired) electrons. The summed E-state index contributed by atoms with van der Waals surface area (Å²) in [5, 5.41) is 0. The van der Waals surface area contributed by atoms with Gasteiger partial charge in [0, 0.05) is 11.8 Å².